The molecule has 1 heterocycles. The van der Waals surface area contributed by atoms with Gasteiger partial charge in [0.1, 0.15) is 0 Å². The molecule has 6 nitrogen and oxygen atoms in total. The minimum Gasteiger partial charge on any atom is -0.382 e. The fourth-order valence-corrected chi connectivity index (χ4v) is 2.54. The molecule has 1 saturated heterocycles. The number of nitrogens with one attached hydrogen (secondary N) is 2. The van der Waals surface area contributed by atoms with Crippen LogP contribution in [0.3, 0.4) is 0 Å². The topological polar surface area (TPSA) is 70.7 Å². The van der Waals surface area contributed by atoms with Crippen molar-refractivity contribution in [3.8, 4) is 0 Å². The largest absolute Gasteiger partial charge is 0.382 e. The maximum Gasteiger partial charge on any atom is 0.317 e. The van der Waals surface area contributed by atoms with Crippen LogP contribution in [0.25, 0.3) is 0 Å². The van der Waals surface area contributed by atoms with Crippen LogP contribution in [0.4, 0.5) is 4.79 Å². The van der Waals surface area contributed by atoms with E-state index in [1.807, 2.05) is 6.92 Å². The van der Waals surface area contributed by atoms with Crippen molar-refractivity contribution in [3.63, 3.8) is 0 Å². The van der Waals surface area contributed by atoms with E-state index in [1.54, 1.807) is 4.90 Å². The third-order valence-corrected chi connectivity index (χ3v) is 3.95. The van der Waals surface area contributed by atoms with E-state index < -0.39 is 0 Å². The summed E-state index contributed by atoms with van der Waals surface area (Å²) in [5.41, 5.74) is 0. The minimum atomic E-state index is -0.0733. The molecular formula is C15H27N3O3. The summed E-state index contributed by atoms with van der Waals surface area (Å²) in [5, 5.41) is 5.93. The van der Waals surface area contributed by atoms with Gasteiger partial charge < -0.3 is 20.3 Å². The molecular weight excluding hydrogens is 270 g/mol. The average Bonchev–Trinajstić information content (AvgIpc) is 3.31. The smallest absolute Gasteiger partial charge is 0.317 e. The van der Waals surface area contributed by atoms with Crippen LogP contribution in [0.1, 0.15) is 39.0 Å². The van der Waals surface area contributed by atoms with Gasteiger partial charge in [0, 0.05) is 38.9 Å². The van der Waals surface area contributed by atoms with E-state index in [1.165, 1.54) is 0 Å². The zero-order valence-corrected chi connectivity index (χ0v) is 12.9. The number of hydrogen-bond acceptors (Lipinski definition) is 3. The van der Waals surface area contributed by atoms with Gasteiger partial charge in [0.15, 0.2) is 0 Å². The standard InChI is InChI=1S/C15H27N3O3/c1-2-21-10-4-8-16-14(19)12-5-3-9-18(11-12)15(20)17-13-6-7-13/h12-13H,2-11H2,1H3,(H,16,19)(H,17,20). The lowest BCUT2D eigenvalue weighted by Crippen LogP contribution is -2.49. The number of hydrogen-bond donors (Lipinski definition) is 2. The molecule has 120 valence electrons. The van der Waals surface area contributed by atoms with E-state index in [4.69, 9.17) is 4.74 Å². The Morgan fingerprint density at radius 2 is 2.10 bits per heavy atom. The highest BCUT2D eigenvalue weighted by Gasteiger charge is 2.31. The van der Waals surface area contributed by atoms with Crippen LogP contribution in [0.15, 0.2) is 0 Å². The number of carbonyl (C=O) groups excluding carboxylic acids is 2. The molecule has 2 fully saturated rings. The monoisotopic (exact) mass is 297 g/mol. The van der Waals surface area contributed by atoms with Crippen molar-refractivity contribution in [1.29, 1.82) is 0 Å². The Morgan fingerprint density at radius 1 is 1.29 bits per heavy atom. The summed E-state index contributed by atoms with van der Waals surface area (Å²) in [6, 6.07) is 0.358. The van der Waals surface area contributed by atoms with Crippen molar-refractivity contribution < 1.29 is 14.3 Å². The van der Waals surface area contributed by atoms with Gasteiger partial charge in [-0.15, -0.1) is 0 Å². The maximum atomic E-state index is 12.1. The minimum absolute atomic E-state index is 0.00801. The molecule has 0 spiro atoms. The first-order valence-corrected chi connectivity index (χ1v) is 8.11. The number of amides is 3. The number of nitrogens with zero attached hydrogens (tertiary/aromatic N) is 1. The Bertz CT molecular complexity index is 358. The molecule has 1 aliphatic heterocycles. The highest BCUT2D eigenvalue weighted by Crippen LogP contribution is 2.21. The first-order valence-electron chi connectivity index (χ1n) is 8.11. The Balaban J connectivity index is 1.66. The van der Waals surface area contributed by atoms with Gasteiger partial charge >= 0.3 is 6.03 Å². The third kappa shape index (κ3) is 5.53. The lowest BCUT2D eigenvalue weighted by molar-refractivity contribution is -0.126. The first kappa shape index (κ1) is 16.1. The molecule has 0 aromatic rings. The van der Waals surface area contributed by atoms with Crippen molar-refractivity contribution in [2.75, 3.05) is 32.8 Å². The van der Waals surface area contributed by atoms with Crippen molar-refractivity contribution >= 4 is 11.9 Å². The second kappa shape index (κ2) is 8.22. The van der Waals surface area contributed by atoms with E-state index in [0.29, 0.717) is 32.3 Å². The lowest BCUT2D eigenvalue weighted by Gasteiger charge is -2.32. The maximum absolute atomic E-state index is 12.1. The van der Waals surface area contributed by atoms with Gasteiger partial charge in [0.25, 0.3) is 0 Å². The lowest BCUT2D eigenvalue weighted by atomic mass is 9.97. The second-order valence-corrected chi connectivity index (χ2v) is 5.85. The van der Waals surface area contributed by atoms with Crippen LogP contribution in [-0.2, 0) is 9.53 Å². The number of urea groups is 1. The molecule has 1 aliphatic carbocycles. The number of carbonyl (C=O) groups is 2. The predicted octanol–water partition coefficient (Wildman–Crippen LogP) is 1.11. The summed E-state index contributed by atoms with van der Waals surface area (Å²) < 4.78 is 5.24. The Labute approximate surface area is 126 Å². The molecule has 0 radical (unpaired) electrons. The fraction of sp³-hybridized carbons (Fsp3) is 0.867. The van der Waals surface area contributed by atoms with Crippen LogP contribution in [-0.4, -0.2) is 55.7 Å². The van der Waals surface area contributed by atoms with Gasteiger partial charge in [-0.2, -0.15) is 0 Å². The highest BCUT2D eigenvalue weighted by molar-refractivity contribution is 5.81. The van der Waals surface area contributed by atoms with E-state index in [0.717, 1.165) is 38.6 Å². The molecule has 1 unspecified atom stereocenters. The summed E-state index contributed by atoms with van der Waals surface area (Å²) in [6.07, 6.45) is 4.77. The molecule has 1 saturated carbocycles. The fourth-order valence-electron chi connectivity index (χ4n) is 2.54. The number of ether oxygens (including phenoxy) is 1. The molecule has 2 rings (SSSR count). The number of likely N-dealkylation sites (tertiary alicyclic amines) is 1. The van der Waals surface area contributed by atoms with Gasteiger partial charge in [-0.05, 0) is 39.0 Å². The molecule has 6 heteroatoms. The number of piperidine rings is 1. The van der Waals surface area contributed by atoms with E-state index in [-0.39, 0.29) is 17.9 Å². The van der Waals surface area contributed by atoms with Crippen LogP contribution < -0.4 is 10.6 Å². The zero-order chi connectivity index (χ0) is 15.1. The first-order chi connectivity index (χ1) is 10.2. The van der Waals surface area contributed by atoms with E-state index in [9.17, 15) is 9.59 Å². The molecule has 0 aromatic heterocycles. The van der Waals surface area contributed by atoms with Crippen molar-refractivity contribution in [1.82, 2.24) is 15.5 Å². The van der Waals surface area contributed by atoms with Crippen molar-refractivity contribution in [2.45, 2.75) is 45.1 Å². The molecule has 2 aliphatic rings. The van der Waals surface area contributed by atoms with Crippen LogP contribution in [0.2, 0.25) is 0 Å². The van der Waals surface area contributed by atoms with Gasteiger partial charge in [-0.3, -0.25) is 4.79 Å². The number of rotatable bonds is 7. The van der Waals surface area contributed by atoms with Crippen LogP contribution >= 0.6 is 0 Å². The average molecular weight is 297 g/mol. The Hall–Kier alpha value is -1.30. The molecule has 2 N–H and O–H groups in total. The quantitative estimate of drug-likeness (QED) is 0.692. The van der Waals surface area contributed by atoms with E-state index >= 15 is 0 Å². The molecule has 1 atom stereocenters. The van der Waals surface area contributed by atoms with Gasteiger partial charge in [-0.25, -0.2) is 4.79 Å². The van der Waals surface area contributed by atoms with Gasteiger partial charge in [0.2, 0.25) is 5.91 Å². The Morgan fingerprint density at radius 3 is 2.81 bits per heavy atom. The SMILES string of the molecule is CCOCCCNC(=O)C1CCCN(C(=O)NC2CC2)C1. The third-order valence-electron chi connectivity index (χ3n) is 3.95. The summed E-state index contributed by atoms with van der Waals surface area (Å²) in [7, 11) is 0. The highest BCUT2D eigenvalue weighted by atomic mass is 16.5. The molecule has 0 aromatic carbocycles. The molecule has 0 bridgehead atoms. The summed E-state index contributed by atoms with van der Waals surface area (Å²) in [4.78, 5) is 25.9. The van der Waals surface area contributed by atoms with Gasteiger partial charge in [-0.1, -0.05) is 0 Å². The van der Waals surface area contributed by atoms with Crippen molar-refractivity contribution in [2.24, 2.45) is 5.92 Å². The second-order valence-electron chi connectivity index (χ2n) is 5.85. The van der Waals surface area contributed by atoms with E-state index in [2.05, 4.69) is 10.6 Å². The zero-order valence-electron chi connectivity index (χ0n) is 12.9. The Kier molecular flexibility index (Phi) is 6.29. The van der Waals surface area contributed by atoms with Crippen LogP contribution in [0, 0.1) is 5.92 Å². The molecule has 3 amide bonds. The summed E-state index contributed by atoms with van der Waals surface area (Å²) in [5.74, 6) is -0.00813. The normalized spacial score (nSPS) is 22.0. The summed E-state index contributed by atoms with van der Waals surface area (Å²) >= 11 is 0. The van der Waals surface area contributed by atoms with Gasteiger partial charge in [0.05, 0.1) is 5.92 Å². The molecule has 21 heavy (non-hydrogen) atoms. The van der Waals surface area contributed by atoms with Crippen LogP contribution in [0.5, 0.6) is 0 Å². The summed E-state index contributed by atoms with van der Waals surface area (Å²) in [6.45, 7) is 5.28. The predicted molar refractivity (Wildman–Crippen MR) is 80.0 cm³/mol. The van der Waals surface area contributed by atoms with Crippen molar-refractivity contribution in [3.05, 3.63) is 0 Å².